The molecule has 3 fully saturated rings. The number of rotatable bonds is 5. The minimum absolute atomic E-state index is 0.0303. The van der Waals surface area contributed by atoms with Gasteiger partial charge in [-0.2, -0.15) is 17.5 Å². The summed E-state index contributed by atoms with van der Waals surface area (Å²) in [5.74, 6) is -0.103. The molecule has 1 unspecified atom stereocenters. The number of alkyl halides is 3. The molecule has 3 aliphatic rings. The minimum Gasteiger partial charge on any atom is -0.389 e. The van der Waals surface area contributed by atoms with Crippen molar-refractivity contribution >= 4 is 39.0 Å². The normalized spacial score (nSPS) is 25.6. The number of carbonyl (C=O) groups excluding carboxylic acids is 1. The number of pyridine rings is 1. The Morgan fingerprint density at radius 2 is 1.56 bits per heavy atom. The molecule has 4 heterocycles. The second kappa shape index (κ2) is 10.5. The van der Waals surface area contributed by atoms with E-state index in [0.717, 1.165) is 12.1 Å². The zero-order valence-electron chi connectivity index (χ0n) is 20.6. The van der Waals surface area contributed by atoms with Crippen LogP contribution in [0.25, 0.3) is 0 Å². The Bertz CT molecular complexity index is 1330. The quantitative estimate of drug-likeness (QED) is 0.503. The summed E-state index contributed by atoms with van der Waals surface area (Å²) in [7, 11) is -3.88. The van der Waals surface area contributed by atoms with Crippen molar-refractivity contribution in [3.8, 4) is 0 Å². The number of piperazine rings is 1. The molecule has 1 aromatic heterocycles. The standard InChI is InChI=1S/C24H27ClF3N5O5S/c25-21-9-15(24(26,27)28)10-22(29-21)30-5-7-32(8-6-30)39(37,38)18-3-1-16(2-4-18)33-12-17(11-23(33)36)31-13-19(34)20(35)14-31/h1-4,9-10,17,19-20,34-35H,5-8,11-14H2/t17?,19-,20+. The SMILES string of the molecule is O=C1CC(N2C[C@@H](O)[C@@H](O)C2)CN1c1ccc(S(=O)(=O)N2CCN(c3cc(C(F)(F)F)cc(Cl)n3)CC2)cc1. The molecule has 0 spiro atoms. The van der Waals surface area contributed by atoms with E-state index in [4.69, 9.17) is 11.6 Å². The predicted molar refractivity (Wildman–Crippen MR) is 136 cm³/mol. The summed E-state index contributed by atoms with van der Waals surface area (Å²) >= 11 is 5.79. The predicted octanol–water partition coefficient (Wildman–Crippen LogP) is 1.41. The number of hydrogen-bond acceptors (Lipinski definition) is 8. The maximum absolute atomic E-state index is 13.2. The van der Waals surface area contributed by atoms with Gasteiger partial charge in [0.2, 0.25) is 15.9 Å². The van der Waals surface area contributed by atoms with Crippen molar-refractivity contribution in [3.05, 3.63) is 47.1 Å². The number of carbonyl (C=O) groups is 1. The van der Waals surface area contributed by atoms with E-state index in [1.165, 1.54) is 16.4 Å². The van der Waals surface area contributed by atoms with Gasteiger partial charge in [0.15, 0.2) is 0 Å². The van der Waals surface area contributed by atoms with E-state index >= 15 is 0 Å². The first-order valence-electron chi connectivity index (χ1n) is 12.3. The number of aliphatic hydroxyl groups is 2. The monoisotopic (exact) mass is 589 g/mol. The van der Waals surface area contributed by atoms with Crippen LogP contribution < -0.4 is 9.80 Å². The van der Waals surface area contributed by atoms with Gasteiger partial charge < -0.3 is 20.0 Å². The average Bonchev–Trinajstić information content (AvgIpc) is 3.44. The van der Waals surface area contributed by atoms with Crippen LogP contribution in [0.5, 0.6) is 0 Å². The van der Waals surface area contributed by atoms with Crippen molar-refractivity contribution in [3.63, 3.8) is 0 Å². The molecule has 39 heavy (non-hydrogen) atoms. The van der Waals surface area contributed by atoms with Crippen LogP contribution in [0, 0.1) is 0 Å². The lowest BCUT2D eigenvalue weighted by Gasteiger charge is -2.35. The maximum Gasteiger partial charge on any atom is 0.416 e. The number of anilines is 2. The fraction of sp³-hybridized carbons (Fsp3) is 0.500. The third-order valence-electron chi connectivity index (χ3n) is 7.37. The van der Waals surface area contributed by atoms with E-state index in [1.54, 1.807) is 21.9 Å². The van der Waals surface area contributed by atoms with Gasteiger partial charge in [0, 0.05) is 64.0 Å². The van der Waals surface area contributed by atoms with Crippen LogP contribution in [0.4, 0.5) is 24.7 Å². The van der Waals surface area contributed by atoms with E-state index in [9.17, 15) is 36.6 Å². The summed E-state index contributed by atoms with van der Waals surface area (Å²) in [6.07, 6.45) is -6.05. The van der Waals surface area contributed by atoms with Gasteiger partial charge in [-0.1, -0.05) is 11.6 Å². The second-order valence-corrected chi connectivity index (χ2v) is 12.2. The number of sulfonamides is 1. The van der Waals surface area contributed by atoms with E-state index in [1.807, 2.05) is 4.90 Å². The van der Waals surface area contributed by atoms with E-state index in [-0.39, 0.29) is 73.5 Å². The maximum atomic E-state index is 13.2. The lowest BCUT2D eigenvalue weighted by Crippen LogP contribution is -2.49. The Hall–Kier alpha value is -2.49. The molecule has 0 radical (unpaired) electrons. The highest BCUT2D eigenvalue weighted by Gasteiger charge is 2.40. The van der Waals surface area contributed by atoms with Gasteiger partial charge >= 0.3 is 6.18 Å². The first-order valence-corrected chi connectivity index (χ1v) is 14.2. The molecule has 0 bridgehead atoms. The Kier molecular flexibility index (Phi) is 7.54. The summed E-state index contributed by atoms with van der Waals surface area (Å²) in [5, 5.41) is 19.3. The average molecular weight is 590 g/mol. The summed E-state index contributed by atoms with van der Waals surface area (Å²) in [6, 6.07) is 7.45. The summed E-state index contributed by atoms with van der Waals surface area (Å²) in [5.41, 5.74) is -0.384. The third-order valence-corrected chi connectivity index (χ3v) is 9.47. The van der Waals surface area contributed by atoms with Gasteiger partial charge in [0.1, 0.15) is 11.0 Å². The van der Waals surface area contributed by atoms with Crippen LogP contribution in [-0.4, -0.2) is 103 Å². The van der Waals surface area contributed by atoms with Crippen LogP contribution >= 0.6 is 11.6 Å². The van der Waals surface area contributed by atoms with Crippen LogP contribution in [0.1, 0.15) is 12.0 Å². The van der Waals surface area contributed by atoms with Crippen LogP contribution in [0.15, 0.2) is 41.3 Å². The number of nitrogens with zero attached hydrogens (tertiary/aromatic N) is 5. The van der Waals surface area contributed by atoms with Gasteiger partial charge in [-0.25, -0.2) is 13.4 Å². The molecule has 3 atom stereocenters. The molecule has 1 amide bonds. The number of aromatic nitrogens is 1. The number of hydrogen-bond donors (Lipinski definition) is 2. The molecule has 5 rings (SSSR count). The molecular weight excluding hydrogens is 563 g/mol. The molecular formula is C24H27ClF3N5O5S. The zero-order valence-corrected chi connectivity index (χ0v) is 22.2. The van der Waals surface area contributed by atoms with Crippen LogP contribution in [0.3, 0.4) is 0 Å². The molecule has 2 aromatic rings. The fourth-order valence-electron chi connectivity index (χ4n) is 5.19. The van der Waals surface area contributed by atoms with Crippen molar-refractivity contribution in [1.82, 2.24) is 14.2 Å². The second-order valence-electron chi connectivity index (χ2n) is 9.87. The van der Waals surface area contributed by atoms with Gasteiger partial charge in [-0.05, 0) is 36.4 Å². The zero-order chi connectivity index (χ0) is 28.1. The van der Waals surface area contributed by atoms with Gasteiger partial charge in [-0.3, -0.25) is 9.69 Å². The lowest BCUT2D eigenvalue weighted by molar-refractivity contribution is -0.137. The van der Waals surface area contributed by atoms with Gasteiger partial charge in [0.25, 0.3) is 0 Å². The Morgan fingerprint density at radius 3 is 2.15 bits per heavy atom. The lowest BCUT2D eigenvalue weighted by atomic mass is 10.2. The van der Waals surface area contributed by atoms with Gasteiger partial charge in [0.05, 0.1) is 22.7 Å². The molecule has 3 aliphatic heterocycles. The molecule has 1 aromatic carbocycles. The number of β-amino-alcohol motifs (C(OH)–C–C–N with tert-alkyl or cyclic N) is 2. The number of likely N-dealkylation sites (tertiary alicyclic amines) is 1. The third kappa shape index (κ3) is 5.72. The number of amides is 1. The molecule has 212 valence electrons. The molecule has 0 aliphatic carbocycles. The first kappa shape index (κ1) is 28.1. The van der Waals surface area contributed by atoms with Crippen LogP contribution in [-0.2, 0) is 21.0 Å². The van der Waals surface area contributed by atoms with Gasteiger partial charge in [-0.15, -0.1) is 0 Å². The summed E-state index contributed by atoms with van der Waals surface area (Å²) < 4.78 is 67.2. The molecule has 3 saturated heterocycles. The van der Waals surface area contributed by atoms with Crippen molar-refractivity contribution in [1.29, 1.82) is 0 Å². The van der Waals surface area contributed by atoms with Crippen molar-refractivity contribution in [2.45, 2.75) is 35.7 Å². The molecule has 10 nitrogen and oxygen atoms in total. The Morgan fingerprint density at radius 1 is 0.949 bits per heavy atom. The summed E-state index contributed by atoms with van der Waals surface area (Å²) in [4.78, 5) is 21.7. The van der Waals surface area contributed by atoms with E-state index in [0.29, 0.717) is 12.2 Å². The highest BCUT2D eigenvalue weighted by Crippen LogP contribution is 2.33. The highest BCUT2D eigenvalue weighted by molar-refractivity contribution is 7.89. The molecule has 0 saturated carbocycles. The minimum atomic E-state index is -4.58. The summed E-state index contributed by atoms with van der Waals surface area (Å²) in [6.45, 7) is 1.28. The van der Waals surface area contributed by atoms with Crippen LogP contribution in [0.2, 0.25) is 5.15 Å². The number of aliphatic hydroxyl groups excluding tert-OH is 2. The Balaban J connectivity index is 1.23. The molecule has 2 N–H and O–H groups in total. The Labute approximate surface area is 228 Å². The highest BCUT2D eigenvalue weighted by atomic mass is 35.5. The number of halogens is 4. The number of benzene rings is 1. The van der Waals surface area contributed by atoms with Crippen molar-refractivity contribution in [2.24, 2.45) is 0 Å². The fourth-order valence-corrected chi connectivity index (χ4v) is 6.82. The largest absolute Gasteiger partial charge is 0.416 e. The topological polar surface area (TPSA) is 118 Å². The van der Waals surface area contributed by atoms with Crippen molar-refractivity contribution < 1.29 is 36.6 Å². The van der Waals surface area contributed by atoms with Crippen molar-refractivity contribution in [2.75, 3.05) is 55.6 Å². The smallest absolute Gasteiger partial charge is 0.389 e. The van der Waals surface area contributed by atoms with E-state index in [2.05, 4.69) is 4.98 Å². The molecule has 15 heteroatoms. The van der Waals surface area contributed by atoms with E-state index < -0.39 is 34.0 Å². The first-order chi connectivity index (χ1) is 18.3.